The number of urea groups is 1. The van der Waals surface area contributed by atoms with E-state index in [2.05, 4.69) is 59.3 Å². The van der Waals surface area contributed by atoms with E-state index in [9.17, 15) is 47.9 Å². The van der Waals surface area contributed by atoms with Crippen LogP contribution in [0.4, 0.5) is 32.9 Å². The van der Waals surface area contributed by atoms with Crippen LogP contribution in [0.2, 0.25) is 0 Å². The van der Waals surface area contributed by atoms with Gasteiger partial charge in [-0.1, -0.05) is 80.3 Å². The third-order valence-corrected chi connectivity index (χ3v) is 18.0. The molecule has 32 heteroatoms. The molecule has 4 aromatic heterocycles. The summed E-state index contributed by atoms with van der Waals surface area (Å²) >= 11 is 0. The van der Waals surface area contributed by atoms with Crippen molar-refractivity contribution >= 4 is 105 Å². The van der Waals surface area contributed by atoms with Gasteiger partial charge in [0.2, 0.25) is 47.3 Å². The first-order valence-electron chi connectivity index (χ1n) is 36.0. The van der Waals surface area contributed by atoms with Crippen LogP contribution in [0.5, 0.6) is 11.5 Å². The van der Waals surface area contributed by atoms with Crippen LogP contribution in [0.1, 0.15) is 148 Å². The van der Waals surface area contributed by atoms with E-state index in [-0.39, 0.29) is 123 Å². The minimum atomic E-state index is -1.12. The van der Waals surface area contributed by atoms with Gasteiger partial charge in [0, 0.05) is 80.1 Å². The van der Waals surface area contributed by atoms with Crippen molar-refractivity contribution in [3.05, 3.63) is 178 Å². The molecular weight excluding hydrogens is 1410 g/mol. The number of primary amides is 3. The number of aryl methyl sites for hydroxylation is 4. The molecule has 9 aromatic rings. The zero-order chi connectivity index (χ0) is 78.7. The standard InChI is InChI=1S/C78H89N19O13/c1-8-96-60(38-47(5)91-96)72(103)89-76-86-57-40-53(69(79)100)42-62(108-7)67(57)93(76)35-16-17-36-94-68-58(87-77(94)90-73(104)61-39-48(6)92-97(61)9-2)41-54(70(80)101)43-63(68)109-37-19-34-83-78(107)110-45-49-27-31-55(32-28-49)84-71(102)56(23-18-33-82-75(81)106)85-74(105)66(46(3)4)88-64(98)25-14-15-26-65(99)95-44-52-22-11-10-20-50(52)29-30-51-21-12-13-24-59(51)95/h10-13,16-17,20-22,24,27-28,31-32,38-43,46,56,66H,8-9,14-15,18-19,23,25-26,33-37,44-45H2,1-7H3,(H2,79,100)(H2,80,101)(H,83,107)(H,84,102)(H,85,105)(H,88,98)(H3,81,82,106)(H,86,89,103)(H,87,90,104)/b17-16+/t56-,66-/m0/s1. The topological polar surface area (TPSA) is 435 Å². The number of hydrogen-bond donors (Lipinski definition) is 10. The van der Waals surface area contributed by atoms with E-state index >= 15 is 0 Å². The average Bonchev–Trinajstić information content (AvgIpc) is 1.61. The summed E-state index contributed by atoms with van der Waals surface area (Å²) < 4.78 is 24.1. The van der Waals surface area contributed by atoms with E-state index in [0.29, 0.717) is 83.0 Å². The van der Waals surface area contributed by atoms with Crippen molar-refractivity contribution in [2.45, 2.75) is 138 Å². The Morgan fingerprint density at radius 3 is 1.77 bits per heavy atom. The molecule has 0 radical (unpaired) electrons. The Hall–Kier alpha value is -13.3. The van der Waals surface area contributed by atoms with Crippen molar-refractivity contribution in [3.63, 3.8) is 0 Å². The number of aromatic nitrogens is 8. The zero-order valence-electron chi connectivity index (χ0n) is 62.2. The van der Waals surface area contributed by atoms with Crippen LogP contribution in [-0.4, -0.2) is 137 Å². The molecule has 0 spiro atoms. The third-order valence-electron chi connectivity index (χ3n) is 18.0. The maximum absolute atomic E-state index is 14.1. The second kappa shape index (κ2) is 36.8. The number of nitrogens with zero attached hydrogens (tertiary/aromatic N) is 9. The number of methoxy groups -OCH3 is 1. The number of rotatable bonds is 35. The van der Waals surface area contributed by atoms with Gasteiger partial charge in [-0.25, -0.2) is 19.6 Å². The highest BCUT2D eigenvalue weighted by atomic mass is 16.5. The maximum atomic E-state index is 14.1. The second-order valence-electron chi connectivity index (χ2n) is 26.3. The SMILES string of the molecule is CCn1nc(C)cc1C(=O)Nc1nc2cc(C(N)=O)cc(OC)c2n1C/C=C/Cn1c(NC(=O)c2cc(C)nn2CC)nc2cc(C(N)=O)cc(OCCCNC(=O)OCc3ccc(NC(=O)[C@H](CCCNC(N)=O)NC(=O)[C@@H](NC(=O)CCCCC(=O)N4Cc5ccccc5C#Cc5ccccc54)C(C)C)cc3)c21. The van der Waals surface area contributed by atoms with Gasteiger partial charge in [-0.3, -0.25) is 58.4 Å². The monoisotopic (exact) mass is 1500 g/mol. The number of anilines is 4. The number of benzene rings is 5. The first-order valence-corrected chi connectivity index (χ1v) is 36.0. The van der Waals surface area contributed by atoms with Crippen molar-refractivity contribution in [1.29, 1.82) is 0 Å². The van der Waals surface area contributed by atoms with Crippen LogP contribution >= 0.6 is 0 Å². The molecule has 0 aliphatic carbocycles. The van der Waals surface area contributed by atoms with Crippen LogP contribution in [0.15, 0.2) is 121 Å². The lowest BCUT2D eigenvalue weighted by atomic mass is 10.0. The highest BCUT2D eigenvalue weighted by Crippen LogP contribution is 2.34. The van der Waals surface area contributed by atoms with E-state index in [1.165, 1.54) is 31.4 Å². The minimum absolute atomic E-state index is 0.0120. The predicted octanol–water partition coefficient (Wildman–Crippen LogP) is 7.62. The molecule has 574 valence electrons. The van der Waals surface area contributed by atoms with Gasteiger partial charge in [-0.15, -0.1) is 0 Å². The summed E-state index contributed by atoms with van der Waals surface area (Å²) in [6.07, 6.45) is 4.36. The first kappa shape index (κ1) is 79.2. The largest absolute Gasteiger partial charge is 0.494 e. The number of allylic oxidation sites excluding steroid dienone is 2. The van der Waals surface area contributed by atoms with E-state index in [0.717, 1.165) is 16.7 Å². The minimum Gasteiger partial charge on any atom is -0.494 e. The molecule has 0 saturated heterocycles. The Morgan fingerprint density at radius 2 is 1.18 bits per heavy atom. The number of amides is 11. The third kappa shape index (κ3) is 20.0. The molecule has 5 heterocycles. The van der Waals surface area contributed by atoms with Crippen molar-refractivity contribution in [2.24, 2.45) is 23.1 Å². The number of carbonyl (C=O) groups excluding carboxylic acids is 10. The molecule has 10 rings (SSSR count). The molecule has 1 aliphatic rings. The molecular formula is C78H89N19O13. The smallest absolute Gasteiger partial charge is 0.407 e. The number of unbranched alkanes of at least 4 members (excludes halogenated alkanes) is 1. The molecule has 0 saturated carbocycles. The molecule has 0 unspecified atom stereocenters. The van der Waals surface area contributed by atoms with Crippen LogP contribution in [0.25, 0.3) is 22.1 Å². The number of para-hydroxylation sites is 1. The van der Waals surface area contributed by atoms with E-state index < -0.39 is 71.5 Å². The number of nitrogens with one attached hydrogen (secondary N) is 7. The maximum Gasteiger partial charge on any atom is 0.407 e. The quantitative estimate of drug-likeness (QED) is 0.0104. The zero-order valence-corrected chi connectivity index (χ0v) is 62.2. The van der Waals surface area contributed by atoms with Gasteiger partial charge in [-0.05, 0) is 144 Å². The molecule has 32 nitrogen and oxygen atoms in total. The molecule has 2 atom stereocenters. The number of carbonyl (C=O) groups is 10. The van der Waals surface area contributed by atoms with Crippen LogP contribution in [0, 0.1) is 31.6 Å². The molecule has 0 fully saturated rings. The summed E-state index contributed by atoms with van der Waals surface area (Å²) in [5, 5.41) is 28.3. The van der Waals surface area contributed by atoms with Gasteiger partial charge in [0.25, 0.3) is 11.8 Å². The van der Waals surface area contributed by atoms with E-state index in [4.69, 9.17) is 41.4 Å². The van der Waals surface area contributed by atoms with Crippen LogP contribution in [0.3, 0.4) is 0 Å². The summed E-state index contributed by atoms with van der Waals surface area (Å²) in [5.74, 6) is 2.42. The Balaban J connectivity index is 0.748. The summed E-state index contributed by atoms with van der Waals surface area (Å²) in [4.78, 5) is 144. The van der Waals surface area contributed by atoms with Crippen molar-refractivity contribution < 1.29 is 62.2 Å². The fourth-order valence-electron chi connectivity index (χ4n) is 12.5. The van der Waals surface area contributed by atoms with Crippen molar-refractivity contribution in [3.8, 4) is 23.3 Å². The Bertz CT molecular complexity index is 5060. The molecule has 11 amide bonds. The summed E-state index contributed by atoms with van der Waals surface area (Å²) in [7, 11) is 1.43. The van der Waals surface area contributed by atoms with E-state index in [1.807, 2.05) is 62.4 Å². The van der Waals surface area contributed by atoms with Crippen LogP contribution < -0.4 is 68.8 Å². The number of nitrogens with two attached hydrogens (primary N) is 3. The van der Waals surface area contributed by atoms with Crippen molar-refractivity contribution in [2.75, 3.05) is 47.7 Å². The molecule has 0 bridgehead atoms. The Labute approximate surface area is 633 Å². The fraction of sp³-hybridized carbons (Fsp3) is 0.333. The normalized spacial score (nSPS) is 12.2. The number of hydrogen-bond acceptors (Lipinski definition) is 17. The lowest BCUT2D eigenvalue weighted by molar-refractivity contribution is -0.132. The molecule has 13 N–H and O–H groups in total. The van der Waals surface area contributed by atoms with Gasteiger partial charge in [0.05, 0.1) is 48.4 Å². The number of fused-ring (bicyclic) bond motifs is 4. The van der Waals surface area contributed by atoms with Gasteiger partial charge in [0.1, 0.15) is 52.6 Å². The summed E-state index contributed by atoms with van der Waals surface area (Å²) in [6, 6.07) is 27.9. The molecule has 5 aromatic carbocycles. The highest BCUT2D eigenvalue weighted by Gasteiger charge is 2.31. The van der Waals surface area contributed by atoms with Gasteiger partial charge >= 0.3 is 12.1 Å². The number of imidazole rings is 2. The number of ether oxygens (including phenoxy) is 3. The van der Waals surface area contributed by atoms with E-state index in [1.54, 1.807) is 99.6 Å². The first-order chi connectivity index (χ1) is 52.9. The summed E-state index contributed by atoms with van der Waals surface area (Å²) in [6.45, 7) is 12.0. The fourth-order valence-corrected chi connectivity index (χ4v) is 12.5. The van der Waals surface area contributed by atoms with Crippen molar-refractivity contribution in [1.82, 2.24) is 59.9 Å². The molecule has 1 aliphatic heterocycles. The lowest BCUT2D eigenvalue weighted by Gasteiger charge is -2.26. The predicted molar refractivity (Wildman–Crippen MR) is 411 cm³/mol. The van der Waals surface area contributed by atoms with Gasteiger partial charge < -0.3 is 72.0 Å². The highest BCUT2D eigenvalue weighted by molar-refractivity contribution is 6.06. The molecule has 110 heavy (non-hydrogen) atoms. The lowest BCUT2D eigenvalue weighted by Crippen LogP contribution is -2.54. The van der Waals surface area contributed by atoms with Crippen LogP contribution in [-0.2, 0) is 63.2 Å². The Morgan fingerprint density at radius 1 is 0.618 bits per heavy atom. The Kier molecular flexibility index (Phi) is 26.5. The number of alkyl carbamates (subject to hydrolysis) is 1. The summed E-state index contributed by atoms with van der Waals surface area (Å²) in [5.41, 5.74) is 24.3. The van der Waals surface area contributed by atoms with Gasteiger partial charge in [0.15, 0.2) is 0 Å². The van der Waals surface area contributed by atoms with Gasteiger partial charge in [-0.2, -0.15) is 10.2 Å². The average molecular weight is 1500 g/mol. The second-order valence-corrected chi connectivity index (χ2v) is 26.3.